The summed E-state index contributed by atoms with van der Waals surface area (Å²) in [5, 5.41) is 6.43. The van der Waals surface area contributed by atoms with Crippen LogP contribution in [0.1, 0.15) is 45.6 Å². The predicted octanol–water partition coefficient (Wildman–Crippen LogP) is 4.19. The molecule has 0 saturated heterocycles. The quantitative estimate of drug-likeness (QED) is 0.773. The van der Waals surface area contributed by atoms with E-state index in [0.717, 1.165) is 23.5 Å². The highest BCUT2D eigenvalue weighted by Gasteiger charge is 2.08. The number of hydrogen-bond acceptors (Lipinski definition) is 2. The second-order valence-corrected chi connectivity index (χ2v) is 4.94. The summed E-state index contributed by atoms with van der Waals surface area (Å²) in [6, 6.07) is 6.00. The smallest absolute Gasteiger partial charge is 0.224 e. The zero-order chi connectivity index (χ0) is 14.3. The zero-order valence-electron chi connectivity index (χ0n) is 12.5. The number of rotatable bonds is 7. The number of carbonyl (C=O) groups excluding carboxylic acids is 1. The minimum Gasteiger partial charge on any atom is -0.384 e. The number of benzene rings is 1. The van der Waals surface area contributed by atoms with E-state index in [1.165, 1.54) is 12.8 Å². The molecule has 2 N–H and O–H groups in total. The van der Waals surface area contributed by atoms with Gasteiger partial charge in [0.25, 0.3) is 0 Å². The molecule has 0 saturated carbocycles. The number of amides is 1. The van der Waals surface area contributed by atoms with Crippen LogP contribution in [0.4, 0.5) is 11.4 Å². The summed E-state index contributed by atoms with van der Waals surface area (Å²) in [6.45, 7) is 9.33. The van der Waals surface area contributed by atoms with E-state index >= 15 is 0 Å². The fraction of sp³-hybridized carbons (Fsp3) is 0.562. The van der Waals surface area contributed by atoms with Crippen LogP contribution in [0.25, 0.3) is 0 Å². The Morgan fingerprint density at radius 3 is 2.37 bits per heavy atom. The first kappa shape index (κ1) is 15.5. The summed E-state index contributed by atoms with van der Waals surface area (Å²) in [5.74, 6) is 0.758. The van der Waals surface area contributed by atoms with Gasteiger partial charge < -0.3 is 10.6 Å². The zero-order valence-corrected chi connectivity index (χ0v) is 12.5. The molecule has 1 aromatic rings. The van der Waals surface area contributed by atoms with Crippen molar-refractivity contribution < 1.29 is 4.79 Å². The van der Waals surface area contributed by atoms with Crippen LogP contribution in [0, 0.1) is 12.8 Å². The van der Waals surface area contributed by atoms with Gasteiger partial charge in [0, 0.05) is 24.3 Å². The first-order chi connectivity index (χ1) is 9.12. The van der Waals surface area contributed by atoms with Gasteiger partial charge in [-0.05, 0) is 30.5 Å². The van der Waals surface area contributed by atoms with Gasteiger partial charge in [-0.1, -0.05) is 39.7 Å². The van der Waals surface area contributed by atoms with E-state index in [0.29, 0.717) is 12.3 Å². The van der Waals surface area contributed by atoms with Crippen molar-refractivity contribution >= 4 is 17.3 Å². The molecular formula is C16H26N2O. The third kappa shape index (κ3) is 4.58. The average Bonchev–Trinajstić information content (AvgIpc) is 2.43. The van der Waals surface area contributed by atoms with Gasteiger partial charge in [-0.2, -0.15) is 0 Å². The largest absolute Gasteiger partial charge is 0.384 e. The van der Waals surface area contributed by atoms with Crippen LogP contribution in [0.2, 0.25) is 0 Å². The van der Waals surface area contributed by atoms with Crippen molar-refractivity contribution in [2.45, 2.75) is 47.0 Å². The lowest BCUT2D eigenvalue weighted by atomic mass is 10.0. The molecule has 3 nitrogen and oxygen atoms in total. The summed E-state index contributed by atoms with van der Waals surface area (Å²) in [7, 11) is 0. The van der Waals surface area contributed by atoms with E-state index in [1.807, 2.05) is 26.0 Å². The Morgan fingerprint density at radius 2 is 1.79 bits per heavy atom. The highest BCUT2D eigenvalue weighted by molar-refractivity contribution is 5.92. The van der Waals surface area contributed by atoms with Gasteiger partial charge in [0.2, 0.25) is 5.91 Å². The molecule has 0 aliphatic rings. The Morgan fingerprint density at radius 1 is 1.16 bits per heavy atom. The highest BCUT2D eigenvalue weighted by atomic mass is 16.1. The van der Waals surface area contributed by atoms with E-state index in [2.05, 4.69) is 30.5 Å². The highest BCUT2D eigenvalue weighted by Crippen LogP contribution is 2.24. The maximum atomic E-state index is 11.5. The van der Waals surface area contributed by atoms with E-state index in [-0.39, 0.29) is 5.91 Å². The SMILES string of the molecule is CCC(=O)Nc1cccc(NCC(CC)CC)c1C. The summed E-state index contributed by atoms with van der Waals surface area (Å²) in [5.41, 5.74) is 3.12. The van der Waals surface area contributed by atoms with Crippen molar-refractivity contribution in [2.24, 2.45) is 5.92 Å². The Bertz CT molecular complexity index is 411. The second kappa shape index (κ2) is 7.82. The van der Waals surface area contributed by atoms with Crippen LogP contribution in [0.15, 0.2) is 18.2 Å². The maximum absolute atomic E-state index is 11.5. The van der Waals surface area contributed by atoms with E-state index in [9.17, 15) is 4.79 Å². The normalized spacial score (nSPS) is 10.6. The topological polar surface area (TPSA) is 41.1 Å². The molecule has 0 heterocycles. The lowest BCUT2D eigenvalue weighted by molar-refractivity contribution is -0.115. The van der Waals surface area contributed by atoms with Crippen molar-refractivity contribution in [2.75, 3.05) is 17.2 Å². The molecule has 0 spiro atoms. The third-order valence-electron chi connectivity index (χ3n) is 3.66. The molecule has 0 aliphatic heterocycles. The molecule has 0 unspecified atom stereocenters. The molecule has 0 bridgehead atoms. The van der Waals surface area contributed by atoms with Crippen molar-refractivity contribution in [3.05, 3.63) is 23.8 Å². The van der Waals surface area contributed by atoms with Crippen molar-refractivity contribution in [3.63, 3.8) is 0 Å². The third-order valence-corrected chi connectivity index (χ3v) is 3.66. The molecule has 0 aromatic heterocycles. The first-order valence-corrected chi connectivity index (χ1v) is 7.25. The number of hydrogen-bond donors (Lipinski definition) is 2. The minimum atomic E-state index is 0.0558. The minimum absolute atomic E-state index is 0.0558. The van der Waals surface area contributed by atoms with Gasteiger partial charge >= 0.3 is 0 Å². The molecule has 106 valence electrons. The number of anilines is 2. The Hall–Kier alpha value is -1.51. The standard InChI is InChI=1S/C16H26N2O/c1-5-13(6-2)11-17-14-9-8-10-15(12(14)4)18-16(19)7-3/h8-10,13,17H,5-7,11H2,1-4H3,(H,18,19). The van der Waals surface area contributed by atoms with E-state index in [1.54, 1.807) is 0 Å². The van der Waals surface area contributed by atoms with Gasteiger partial charge in [0.15, 0.2) is 0 Å². The molecule has 0 aliphatic carbocycles. The average molecular weight is 262 g/mol. The molecule has 1 amide bonds. The summed E-state index contributed by atoms with van der Waals surface area (Å²) < 4.78 is 0. The summed E-state index contributed by atoms with van der Waals surface area (Å²) >= 11 is 0. The van der Waals surface area contributed by atoms with Gasteiger partial charge in [0.05, 0.1) is 0 Å². The second-order valence-electron chi connectivity index (χ2n) is 4.94. The van der Waals surface area contributed by atoms with Crippen molar-refractivity contribution in [1.82, 2.24) is 0 Å². The molecule has 0 fully saturated rings. The first-order valence-electron chi connectivity index (χ1n) is 7.25. The monoisotopic (exact) mass is 262 g/mol. The molecule has 0 atom stereocenters. The predicted molar refractivity (Wildman–Crippen MR) is 82.7 cm³/mol. The molecule has 3 heteroatoms. The molecule has 1 rings (SSSR count). The van der Waals surface area contributed by atoms with Gasteiger partial charge in [-0.15, -0.1) is 0 Å². The number of nitrogens with one attached hydrogen (secondary N) is 2. The fourth-order valence-electron chi connectivity index (χ4n) is 2.03. The van der Waals surface area contributed by atoms with Gasteiger partial charge in [-0.25, -0.2) is 0 Å². The van der Waals surface area contributed by atoms with Crippen LogP contribution in [0.5, 0.6) is 0 Å². The Labute approximate surface area is 116 Å². The van der Waals surface area contributed by atoms with Gasteiger partial charge in [0.1, 0.15) is 0 Å². The molecule has 0 radical (unpaired) electrons. The van der Waals surface area contributed by atoms with Crippen LogP contribution >= 0.6 is 0 Å². The van der Waals surface area contributed by atoms with Crippen LogP contribution in [-0.4, -0.2) is 12.5 Å². The van der Waals surface area contributed by atoms with E-state index in [4.69, 9.17) is 0 Å². The van der Waals surface area contributed by atoms with Crippen LogP contribution < -0.4 is 10.6 Å². The lowest BCUT2D eigenvalue weighted by Gasteiger charge is -2.17. The summed E-state index contributed by atoms with van der Waals surface area (Å²) in [6.07, 6.45) is 2.88. The van der Waals surface area contributed by atoms with Crippen molar-refractivity contribution in [1.29, 1.82) is 0 Å². The molecular weight excluding hydrogens is 236 g/mol. The Balaban J connectivity index is 2.74. The molecule has 1 aromatic carbocycles. The van der Waals surface area contributed by atoms with Crippen molar-refractivity contribution in [3.8, 4) is 0 Å². The maximum Gasteiger partial charge on any atom is 0.224 e. The van der Waals surface area contributed by atoms with Crippen LogP contribution in [0.3, 0.4) is 0 Å². The molecule has 19 heavy (non-hydrogen) atoms. The fourth-order valence-corrected chi connectivity index (χ4v) is 2.03. The number of carbonyl (C=O) groups is 1. The van der Waals surface area contributed by atoms with E-state index < -0.39 is 0 Å². The van der Waals surface area contributed by atoms with Gasteiger partial charge in [-0.3, -0.25) is 4.79 Å². The lowest BCUT2D eigenvalue weighted by Crippen LogP contribution is -2.15. The van der Waals surface area contributed by atoms with Crippen LogP contribution in [-0.2, 0) is 4.79 Å². The Kier molecular flexibility index (Phi) is 6.40. The summed E-state index contributed by atoms with van der Waals surface area (Å²) in [4.78, 5) is 11.5.